The van der Waals surface area contributed by atoms with Gasteiger partial charge in [-0.15, -0.1) is 5.10 Å². The molecule has 1 unspecified atom stereocenters. The second kappa shape index (κ2) is 6.27. The van der Waals surface area contributed by atoms with Crippen molar-refractivity contribution in [3.8, 4) is 0 Å². The monoisotopic (exact) mass is 304 g/mol. The zero-order valence-electron chi connectivity index (χ0n) is 12.3. The molecule has 22 heavy (non-hydrogen) atoms. The molecule has 0 aliphatic carbocycles. The van der Waals surface area contributed by atoms with E-state index in [0.29, 0.717) is 17.5 Å². The minimum absolute atomic E-state index is 0.236. The Balaban J connectivity index is 1.98. The standard InChI is InChI=1S/C16H17FN2O3/c1-21-15(20)8-6-11-5-7-12-13(10-11)19(18-16(12)17)14-4-2-3-9-22-14/h5-8,10,14H,2-4,9H2,1H3/b8-6+. The van der Waals surface area contributed by atoms with Crippen LogP contribution < -0.4 is 0 Å². The number of carbonyl (C=O) groups is 1. The fourth-order valence-corrected chi connectivity index (χ4v) is 2.59. The van der Waals surface area contributed by atoms with Crippen molar-refractivity contribution in [1.29, 1.82) is 0 Å². The number of fused-ring (bicyclic) bond motifs is 1. The van der Waals surface area contributed by atoms with E-state index in [1.165, 1.54) is 13.2 Å². The molecule has 1 aliphatic rings. The van der Waals surface area contributed by atoms with Crippen molar-refractivity contribution in [2.75, 3.05) is 13.7 Å². The van der Waals surface area contributed by atoms with E-state index >= 15 is 0 Å². The summed E-state index contributed by atoms with van der Waals surface area (Å²) in [4.78, 5) is 11.2. The Morgan fingerprint density at radius 1 is 1.50 bits per heavy atom. The minimum Gasteiger partial charge on any atom is -0.466 e. The third-order valence-electron chi connectivity index (χ3n) is 3.73. The number of hydrogen-bond acceptors (Lipinski definition) is 4. The van der Waals surface area contributed by atoms with E-state index in [4.69, 9.17) is 4.74 Å². The third kappa shape index (κ3) is 2.87. The second-order valence-electron chi connectivity index (χ2n) is 5.19. The predicted molar refractivity (Wildman–Crippen MR) is 79.6 cm³/mol. The molecule has 1 saturated heterocycles. The van der Waals surface area contributed by atoms with Crippen molar-refractivity contribution < 1.29 is 18.7 Å². The van der Waals surface area contributed by atoms with Crippen LogP contribution in [0.25, 0.3) is 17.0 Å². The summed E-state index contributed by atoms with van der Waals surface area (Å²) in [5.41, 5.74) is 1.44. The quantitative estimate of drug-likeness (QED) is 0.646. The maximum Gasteiger partial charge on any atom is 0.330 e. The molecule has 3 rings (SSSR count). The maximum atomic E-state index is 14.0. The Hall–Kier alpha value is -2.21. The Morgan fingerprint density at radius 2 is 2.36 bits per heavy atom. The molecule has 0 bridgehead atoms. The summed E-state index contributed by atoms with van der Waals surface area (Å²) in [7, 11) is 1.32. The number of esters is 1. The highest BCUT2D eigenvalue weighted by Crippen LogP contribution is 2.28. The molecule has 0 N–H and O–H groups in total. The Morgan fingerprint density at radius 3 is 3.09 bits per heavy atom. The lowest BCUT2D eigenvalue weighted by atomic mass is 10.1. The summed E-state index contributed by atoms with van der Waals surface area (Å²) in [5.74, 6) is -0.942. The van der Waals surface area contributed by atoms with Crippen LogP contribution in [0, 0.1) is 5.95 Å². The van der Waals surface area contributed by atoms with Crippen LogP contribution in [-0.4, -0.2) is 29.5 Å². The summed E-state index contributed by atoms with van der Waals surface area (Å²) < 4.78 is 25.8. The fraction of sp³-hybridized carbons (Fsp3) is 0.375. The summed E-state index contributed by atoms with van der Waals surface area (Å²) in [6, 6.07) is 5.19. The van der Waals surface area contributed by atoms with E-state index in [2.05, 4.69) is 9.84 Å². The number of rotatable bonds is 3. The van der Waals surface area contributed by atoms with Crippen LogP contribution in [0.2, 0.25) is 0 Å². The van der Waals surface area contributed by atoms with E-state index < -0.39 is 11.9 Å². The van der Waals surface area contributed by atoms with Crippen molar-refractivity contribution in [3.63, 3.8) is 0 Å². The first kappa shape index (κ1) is 14.7. The lowest BCUT2D eigenvalue weighted by molar-refractivity contribution is -0.134. The predicted octanol–water partition coefficient (Wildman–Crippen LogP) is 3.06. The highest BCUT2D eigenvalue weighted by Gasteiger charge is 2.21. The van der Waals surface area contributed by atoms with Crippen LogP contribution in [0.5, 0.6) is 0 Å². The highest BCUT2D eigenvalue weighted by atomic mass is 19.1. The van der Waals surface area contributed by atoms with Gasteiger partial charge in [0, 0.05) is 12.7 Å². The molecule has 1 aromatic carbocycles. The molecule has 0 saturated carbocycles. The van der Waals surface area contributed by atoms with Gasteiger partial charge in [-0.3, -0.25) is 0 Å². The number of hydrogen-bond donors (Lipinski definition) is 0. The molecule has 0 amide bonds. The number of aromatic nitrogens is 2. The van der Waals surface area contributed by atoms with Crippen LogP contribution in [0.3, 0.4) is 0 Å². The van der Waals surface area contributed by atoms with Gasteiger partial charge in [0.2, 0.25) is 5.95 Å². The smallest absolute Gasteiger partial charge is 0.330 e. The first-order valence-electron chi connectivity index (χ1n) is 7.24. The summed E-state index contributed by atoms with van der Waals surface area (Å²) in [6.45, 7) is 0.662. The van der Waals surface area contributed by atoms with Crippen LogP contribution in [-0.2, 0) is 14.3 Å². The van der Waals surface area contributed by atoms with Crippen LogP contribution in [0.4, 0.5) is 4.39 Å². The maximum absolute atomic E-state index is 14.0. The molecule has 0 radical (unpaired) electrons. The molecular formula is C16H17FN2O3. The van der Waals surface area contributed by atoms with E-state index in [9.17, 15) is 9.18 Å². The third-order valence-corrected chi connectivity index (χ3v) is 3.73. The van der Waals surface area contributed by atoms with Gasteiger partial charge in [0.1, 0.15) is 0 Å². The average Bonchev–Trinajstić information content (AvgIpc) is 2.90. The number of ether oxygens (including phenoxy) is 2. The van der Waals surface area contributed by atoms with Crippen LogP contribution >= 0.6 is 0 Å². The van der Waals surface area contributed by atoms with Gasteiger partial charge < -0.3 is 9.47 Å². The van der Waals surface area contributed by atoms with Gasteiger partial charge in [-0.05, 0) is 43.0 Å². The first-order valence-corrected chi connectivity index (χ1v) is 7.24. The fourth-order valence-electron chi connectivity index (χ4n) is 2.59. The summed E-state index contributed by atoms with van der Waals surface area (Å²) in [6.07, 6.45) is 5.59. The SMILES string of the molecule is COC(=O)/C=C/c1ccc2c(F)nn(C3CCCCO3)c2c1. The summed E-state index contributed by atoms with van der Waals surface area (Å²) in [5, 5.41) is 4.42. The zero-order valence-corrected chi connectivity index (χ0v) is 12.3. The number of halogens is 1. The molecule has 1 aliphatic heterocycles. The highest BCUT2D eigenvalue weighted by molar-refractivity contribution is 5.88. The topological polar surface area (TPSA) is 53.3 Å². The lowest BCUT2D eigenvalue weighted by Gasteiger charge is -2.23. The Kier molecular flexibility index (Phi) is 4.20. The number of carbonyl (C=O) groups excluding carboxylic acids is 1. The molecule has 1 aromatic heterocycles. The van der Waals surface area contributed by atoms with E-state index in [1.54, 1.807) is 29.0 Å². The normalized spacial score (nSPS) is 18.9. The van der Waals surface area contributed by atoms with Gasteiger partial charge in [0.25, 0.3) is 0 Å². The van der Waals surface area contributed by atoms with Crippen molar-refractivity contribution in [1.82, 2.24) is 9.78 Å². The van der Waals surface area contributed by atoms with Crippen LogP contribution in [0.15, 0.2) is 24.3 Å². The number of nitrogens with zero attached hydrogens (tertiary/aromatic N) is 2. The van der Waals surface area contributed by atoms with E-state index in [0.717, 1.165) is 24.8 Å². The molecule has 0 spiro atoms. The zero-order chi connectivity index (χ0) is 15.5. The Labute approximate surface area is 127 Å². The van der Waals surface area contributed by atoms with Crippen molar-refractivity contribution in [2.24, 2.45) is 0 Å². The number of benzene rings is 1. The molecule has 5 nitrogen and oxygen atoms in total. The first-order chi connectivity index (χ1) is 10.7. The molecule has 6 heteroatoms. The number of methoxy groups -OCH3 is 1. The molecule has 2 heterocycles. The van der Waals surface area contributed by atoms with E-state index in [-0.39, 0.29) is 6.23 Å². The van der Waals surface area contributed by atoms with Crippen molar-refractivity contribution in [2.45, 2.75) is 25.5 Å². The van der Waals surface area contributed by atoms with Crippen LogP contribution in [0.1, 0.15) is 31.1 Å². The molecular weight excluding hydrogens is 287 g/mol. The van der Waals surface area contributed by atoms with Crippen molar-refractivity contribution in [3.05, 3.63) is 35.8 Å². The van der Waals surface area contributed by atoms with Crippen molar-refractivity contribution >= 4 is 22.9 Å². The van der Waals surface area contributed by atoms with Gasteiger partial charge in [0.05, 0.1) is 18.0 Å². The van der Waals surface area contributed by atoms with Gasteiger partial charge >= 0.3 is 5.97 Å². The largest absolute Gasteiger partial charge is 0.466 e. The lowest BCUT2D eigenvalue weighted by Crippen LogP contribution is -2.19. The van der Waals surface area contributed by atoms with Gasteiger partial charge in [0.15, 0.2) is 6.23 Å². The second-order valence-corrected chi connectivity index (χ2v) is 5.19. The molecule has 116 valence electrons. The minimum atomic E-state index is -0.507. The van der Waals surface area contributed by atoms with E-state index in [1.807, 2.05) is 0 Å². The molecule has 1 atom stereocenters. The van der Waals surface area contributed by atoms with Gasteiger partial charge in [-0.2, -0.15) is 4.39 Å². The molecule has 2 aromatic rings. The molecule has 1 fully saturated rings. The average molecular weight is 304 g/mol. The van der Waals surface area contributed by atoms with Gasteiger partial charge in [-0.1, -0.05) is 6.07 Å². The Bertz CT molecular complexity index is 717. The van der Waals surface area contributed by atoms with Gasteiger partial charge in [-0.25, -0.2) is 9.48 Å². The summed E-state index contributed by atoms with van der Waals surface area (Å²) >= 11 is 0.